The summed E-state index contributed by atoms with van der Waals surface area (Å²) in [5, 5.41) is 10.4. The number of benzene rings is 2. The molecule has 0 spiro atoms. The normalized spacial score (nSPS) is 10.7. The molecule has 0 amide bonds. The van der Waals surface area contributed by atoms with Crippen molar-refractivity contribution in [2.75, 3.05) is 7.11 Å². The maximum Gasteiger partial charge on any atom is 0.191 e. The molecule has 0 fully saturated rings. The van der Waals surface area contributed by atoms with E-state index in [4.69, 9.17) is 16.3 Å². The summed E-state index contributed by atoms with van der Waals surface area (Å²) in [6.07, 6.45) is 2.57. The number of hydrogen-bond donors (Lipinski definition) is 0. The van der Waals surface area contributed by atoms with Gasteiger partial charge in [-0.1, -0.05) is 53.7 Å². The van der Waals surface area contributed by atoms with Crippen molar-refractivity contribution in [3.8, 4) is 5.75 Å². The summed E-state index contributed by atoms with van der Waals surface area (Å²) in [5.74, 6) is 2.58. The second kappa shape index (κ2) is 8.92. The van der Waals surface area contributed by atoms with Crippen molar-refractivity contribution in [2.45, 2.75) is 23.9 Å². The van der Waals surface area contributed by atoms with Gasteiger partial charge in [-0.2, -0.15) is 0 Å². The van der Waals surface area contributed by atoms with Crippen molar-refractivity contribution in [3.05, 3.63) is 83.2 Å². The van der Waals surface area contributed by atoms with Gasteiger partial charge in [-0.25, -0.2) is 0 Å². The van der Waals surface area contributed by atoms with Crippen LogP contribution in [0.3, 0.4) is 0 Å². The van der Waals surface area contributed by atoms with Crippen molar-refractivity contribution in [1.29, 1.82) is 0 Å². The summed E-state index contributed by atoms with van der Waals surface area (Å²) in [6.45, 7) is 4.53. The molecule has 0 bridgehead atoms. The SMILES string of the molecule is C=CCn1c(Cc2ccc(Cl)cc2)nnc1SCc1cccc(OC)c1. The highest BCUT2D eigenvalue weighted by molar-refractivity contribution is 7.98. The predicted octanol–water partition coefficient (Wildman–Crippen LogP) is 5.01. The van der Waals surface area contributed by atoms with Crippen LogP contribution in [0.25, 0.3) is 0 Å². The van der Waals surface area contributed by atoms with E-state index >= 15 is 0 Å². The van der Waals surface area contributed by atoms with E-state index in [9.17, 15) is 0 Å². The van der Waals surface area contributed by atoms with Crippen LogP contribution in [0.1, 0.15) is 17.0 Å². The molecule has 0 unspecified atom stereocenters. The maximum atomic E-state index is 5.96. The van der Waals surface area contributed by atoms with Gasteiger partial charge in [0.25, 0.3) is 0 Å². The first-order chi connectivity index (χ1) is 12.7. The Balaban J connectivity index is 1.75. The molecule has 0 aliphatic rings. The summed E-state index contributed by atoms with van der Waals surface area (Å²) < 4.78 is 7.39. The Morgan fingerprint density at radius 1 is 1.15 bits per heavy atom. The first-order valence-electron chi connectivity index (χ1n) is 8.22. The lowest BCUT2D eigenvalue weighted by Crippen LogP contribution is -2.04. The van der Waals surface area contributed by atoms with Crippen molar-refractivity contribution in [1.82, 2.24) is 14.8 Å². The van der Waals surface area contributed by atoms with Crippen LogP contribution in [0.15, 0.2) is 66.3 Å². The molecule has 0 aliphatic heterocycles. The van der Waals surface area contributed by atoms with Crippen LogP contribution in [-0.4, -0.2) is 21.9 Å². The van der Waals surface area contributed by atoms with Gasteiger partial charge in [-0.15, -0.1) is 16.8 Å². The molecule has 0 saturated carbocycles. The smallest absolute Gasteiger partial charge is 0.191 e. The van der Waals surface area contributed by atoms with Crippen LogP contribution in [-0.2, 0) is 18.7 Å². The molecule has 134 valence electrons. The summed E-state index contributed by atoms with van der Waals surface area (Å²) in [7, 11) is 1.68. The highest BCUT2D eigenvalue weighted by Gasteiger charge is 2.12. The van der Waals surface area contributed by atoms with Crippen molar-refractivity contribution < 1.29 is 4.74 Å². The van der Waals surface area contributed by atoms with E-state index in [1.807, 2.05) is 48.5 Å². The zero-order chi connectivity index (χ0) is 18.4. The number of ether oxygens (including phenoxy) is 1. The van der Waals surface area contributed by atoms with Crippen LogP contribution in [0, 0.1) is 0 Å². The van der Waals surface area contributed by atoms with Gasteiger partial charge < -0.3 is 9.30 Å². The Morgan fingerprint density at radius 2 is 1.96 bits per heavy atom. The number of allylic oxidation sites excluding steroid dienone is 1. The van der Waals surface area contributed by atoms with Gasteiger partial charge in [0.05, 0.1) is 7.11 Å². The molecule has 0 atom stereocenters. The van der Waals surface area contributed by atoms with Crippen molar-refractivity contribution in [3.63, 3.8) is 0 Å². The van der Waals surface area contributed by atoms with Crippen LogP contribution < -0.4 is 4.74 Å². The lowest BCUT2D eigenvalue weighted by molar-refractivity contribution is 0.414. The van der Waals surface area contributed by atoms with Crippen LogP contribution in [0.4, 0.5) is 0 Å². The maximum absolute atomic E-state index is 5.96. The van der Waals surface area contributed by atoms with Gasteiger partial charge in [0.2, 0.25) is 0 Å². The van der Waals surface area contributed by atoms with Gasteiger partial charge in [-0.05, 0) is 35.4 Å². The molecule has 0 N–H and O–H groups in total. The molecule has 3 rings (SSSR count). The zero-order valence-corrected chi connectivity index (χ0v) is 16.1. The Morgan fingerprint density at radius 3 is 2.69 bits per heavy atom. The number of methoxy groups -OCH3 is 1. The molecule has 0 saturated heterocycles. The summed E-state index contributed by atoms with van der Waals surface area (Å²) in [6, 6.07) is 15.9. The minimum atomic E-state index is 0.677. The Labute approximate surface area is 162 Å². The van der Waals surface area contributed by atoms with Crippen molar-refractivity contribution >= 4 is 23.4 Å². The van der Waals surface area contributed by atoms with Crippen molar-refractivity contribution in [2.24, 2.45) is 0 Å². The fraction of sp³-hybridized carbons (Fsp3) is 0.200. The fourth-order valence-corrected chi connectivity index (χ4v) is 3.60. The van der Waals surface area contributed by atoms with Gasteiger partial charge >= 0.3 is 0 Å². The summed E-state index contributed by atoms with van der Waals surface area (Å²) in [5.41, 5.74) is 2.33. The molecule has 0 radical (unpaired) electrons. The van der Waals surface area contributed by atoms with Gasteiger partial charge in [0.15, 0.2) is 5.16 Å². The zero-order valence-electron chi connectivity index (χ0n) is 14.6. The van der Waals surface area contributed by atoms with Crippen LogP contribution in [0.2, 0.25) is 5.02 Å². The standard InChI is InChI=1S/C20H20ClN3OS/c1-3-11-24-19(13-15-7-9-17(21)10-8-15)22-23-20(24)26-14-16-5-4-6-18(12-16)25-2/h3-10,12H,1,11,13-14H2,2H3. The van der Waals surface area contributed by atoms with Crippen LogP contribution >= 0.6 is 23.4 Å². The minimum Gasteiger partial charge on any atom is -0.497 e. The first kappa shape index (κ1) is 18.5. The van der Waals surface area contributed by atoms with E-state index in [0.29, 0.717) is 13.0 Å². The molecule has 4 nitrogen and oxygen atoms in total. The molecule has 1 aromatic heterocycles. The number of hydrogen-bond acceptors (Lipinski definition) is 4. The molecule has 3 aromatic rings. The Bertz CT molecular complexity index is 877. The topological polar surface area (TPSA) is 39.9 Å². The average molecular weight is 386 g/mol. The van der Waals surface area contributed by atoms with E-state index in [-0.39, 0.29) is 0 Å². The number of nitrogens with zero attached hydrogens (tertiary/aromatic N) is 3. The molecular weight excluding hydrogens is 366 g/mol. The third-order valence-electron chi connectivity index (χ3n) is 3.88. The predicted molar refractivity (Wildman–Crippen MR) is 107 cm³/mol. The lowest BCUT2D eigenvalue weighted by atomic mass is 10.1. The number of rotatable bonds is 8. The summed E-state index contributed by atoms with van der Waals surface area (Å²) >= 11 is 7.62. The van der Waals surface area contributed by atoms with E-state index in [0.717, 1.165) is 33.1 Å². The van der Waals surface area contributed by atoms with E-state index in [1.165, 1.54) is 5.56 Å². The number of thioether (sulfide) groups is 1. The minimum absolute atomic E-state index is 0.677. The highest BCUT2D eigenvalue weighted by atomic mass is 35.5. The average Bonchev–Trinajstić information content (AvgIpc) is 3.04. The first-order valence-corrected chi connectivity index (χ1v) is 9.59. The van der Waals surface area contributed by atoms with E-state index in [1.54, 1.807) is 18.9 Å². The quantitative estimate of drug-likeness (QED) is 0.403. The molecule has 2 aromatic carbocycles. The van der Waals surface area contributed by atoms with Gasteiger partial charge in [0, 0.05) is 23.7 Å². The largest absolute Gasteiger partial charge is 0.497 e. The molecule has 1 heterocycles. The number of halogens is 1. The molecule has 0 aliphatic carbocycles. The molecule has 6 heteroatoms. The Kier molecular flexibility index (Phi) is 6.36. The monoisotopic (exact) mass is 385 g/mol. The highest BCUT2D eigenvalue weighted by Crippen LogP contribution is 2.25. The lowest BCUT2D eigenvalue weighted by Gasteiger charge is -2.08. The van der Waals surface area contributed by atoms with Gasteiger partial charge in [-0.3, -0.25) is 0 Å². The second-order valence-electron chi connectivity index (χ2n) is 5.74. The second-order valence-corrected chi connectivity index (χ2v) is 7.12. The fourth-order valence-electron chi connectivity index (χ4n) is 2.56. The third-order valence-corrected chi connectivity index (χ3v) is 5.17. The summed E-state index contributed by atoms with van der Waals surface area (Å²) in [4.78, 5) is 0. The Hall–Kier alpha value is -2.24. The molecular formula is C20H20ClN3OS. The van der Waals surface area contributed by atoms with E-state index < -0.39 is 0 Å². The number of aromatic nitrogens is 3. The third kappa shape index (κ3) is 4.68. The van der Waals surface area contributed by atoms with Gasteiger partial charge in [0.1, 0.15) is 11.6 Å². The molecule has 26 heavy (non-hydrogen) atoms. The van der Waals surface area contributed by atoms with E-state index in [2.05, 4.69) is 27.4 Å². The van der Waals surface area contributed by atoms with Crippen LogP contribution in [0.5, 0.6) is 5.75 Å².